The highest BCUT2D eigenvalue weighted by Gasteiger charge is 2.29. The number of carbonyl (C=O) groups excluding carboxylic acids is 1. The Morgan fingerprint density at radius 3 is 2.97 bits per heavy atom. The molecule has 32 heavy (non-hydrogen) atoms. The molecular weight excluding hydrogens is 412 g/mol. The second kappa shape index (κ2) is 8.93. The van der Waals surface area contributed by atoms with Gasteiger partial charge in [0, 0.05) is 37.5 Å². The first-order valence-corrected chi connectivity index (χ1v) is 10.5. The number of fused-ring (bicyclic) bond motifs is 2. The topological polar surface area (TPSA) is 120 Å². The molecule has 166 valence electrons. The predicted molar refractivity (Wildman–Crippen MR) is 117 cm³/mol. The molecule has 10 heteroatoms. The van der Waals surface area contributed by atoms with Crippen LogP contribution in [0.25, 0.3) is 11.0 Å². The van der Waals surface area contributed by atoms with Gasteiger partial charge >= 0.3 is 0 Å². The number of methoxy groups -OCH3 is 1. The zero-order valence-corrected chi connectivity index (χ0v) is 17.6. The number of pyridine rings is 3. The van der Waals surface area contributed by atoms with Crippen LogP contribution in [0.3, 0.4) is 0 Å². The van der Waals surface area contributed by atoms with Gasteiger partial charge in [0.05, 0.1) is 36.2 Å². The Morgan fingerprint density at radius 2 is 2.09 bits per heavy atom. The predicted octanol–water partition coefficient (Wildman–Crippen LogP) is 1.26. The molecule has 1 amide bonds. The van der Waals surface area contributed by atoms with Gasteiger partial charge in [0.25, 0.3) is 0 Å². The number of nitrogens with zero attached hydrogens (tertiary/aromatic N) is 3. The van der Waals surface area contributed by atoms with Crippen molar-refractivity contribution in [2.45, 2.75) is 25.0 Å². The van der Waals surface area contributed by atoms with E-state index in [1.807, 2.05) is 12.1 Å². The smallest absolute Gasteiger partial charge is 0.241 e. The lowest BCUT2D eigenvalue weighted by atomic mass is 10.1. The van der Waals surface area contributed by atoms with Crippen molar-refractivity contribution in [1.82, 2.24) is 25.6 Å². The highest BCUT2D eigenvalue weighted by Crippen LogP contribution is 2.29. The van der Waals surface area contributed by atoms with Crippen LogP contribution in [0.2, 0.25) is 0 Å². The van der Waals surface area contributed by atoms with Gasteiger partial charge in [-0.25, -0.2) is 4.98 Å². The monoisotopic (exact) mass is 436 g/mol. The number of hydrogen-bond donors (Lipinski definition) is 3. The van der Waals surface area contributed by atoms with E-state index in [1.165, 1.54) is 0 Å². The third-order valence-corrected chi connectivity index (χ3v) is 5.53. The Hall–Kier alpha value is -3.50. The number of carbonyl (C=O) groups is 1. The van der Waals surface area contributed by atoms with E-state index in [0.717, 1.165) is 11.4 Å². The molecule has 0 radical (unpaired) electrons. The molecule has 5 heterocycles. The molecule has 0 spiro atoms. The molecule has 0 unspecified atom stereocenters. The second-order valence-electron chi connectivity index (χ2n) is 7.66. The number of ether oxygens (including phenoxy) is 3. The minimum absolute atomic E-state index is 0.108. The summed E-state index contributed by atoms with van der Waals surface area (Å²) in [6.07, 6.45) is 4.01. The summed E-state index contributed by atoms with van der Waals surface area (Å²) in [5.41, 5.74) is 2.76. The van der Waals surface area contributed by atoms with Crippen LogP contribution in [0.5, 0.6) is 17.4 Å². The Morgan fingerprint density at radius 1 is 1.22 bits per heavy atom. The molecule has 0 aromatic carbocycles. The molecule has 0 saturated carbocycles. The summed E-state index contributed by atoms with van der Waals surface area (Å²) in [4.78, 5) is 26.0. The third kappa shape index (κ3) is 4.27. The van der Waals surface area contributed by atoms with E-state index in [4.69, 9.17) is 14.2 Å². The van der Waals surface area contributed by atoms with Crippen molar-refractivity contribution in [1.29, 1.82) is 0 Å². The fourth-order valence-electron chi connectivity index (χ4n) is 3.87. The van der Waals surface area contributed by atoms with Crippen LogP contribution in [0.1, 0.15) is 12.1 Å². The summed E-state index contributed by atoms with van der Waals surface area (Å²) >= 11 is 0. The molecule has 2 aliphatic heterocycles. The first-order valence-electron chi connectivity index (χ1n) is 10.5. The van der Waals surface area contributed by atoms with E-state index in [-0.39, 0.29) is 18.0 Å². The van der Waals surface area contributed by atoms with Gasteiger partial charge in [0.15, 0.2) is 11.5 Å². The van der Waals surface area contributed by atoms with Crippen LogP contribution >= 0.6 is 0 Å². The summed E-state index contributed by atoms with van der Waals surface area (Å²) in [5, 5.41) is 9.72. The SMILES string of the molecule is COc1ccc2nccc(NC(=O)[C@@H]3C[C@@H](NCc4cc5c(cn4)OCCO5)CN3)c2n1. The van der Waals surface area contributed by atoms with Gasteiger partial charge in [-0.3, -0.25) is 14.8 Å². The second-order valence-corrected chi connectivity index (χ2v) is 7.66. The highest BCUT2D eigenvalue weighted by molar-refractivity contribution is 6.01. The van der Waals surface area contributed by atoms with Crippen molar-refractivity contribution >= 4 is 22.6 Å². The van der Waals surface area contributed by atoms with Crippen molar-refractivity contribution < 1.29 is 19.0 Å². The van der Waals surface area contributed by atoms with Crippen LogP contribution in [-0.4, -0.2) is 59.8 Å². The molecule has 3 N–H and O–H groups in total. The lowest BCUT2D eigenvalue weighted by Gasteiger charge is -2.19. The van der Waals surface area contributed by atoms with Crippen LogP contribution in [0.4, 0.5) is 5.69 Å². The van der Waals surface area contributed by atoms with Crippen molar-refractivity contribution in [3.63, 3.8) is 0 Å². The maximum Gasteiger partial charge on any atom is 0.241 e. The van der Waals surface area contributed by atoms with E-state index in [0.29, 0.717) is 61.1 Å². The van der Waals surface area contributed by atoms with Gasteiger partial charge in [-0.1, -0.05) is 0 Å². The van der Waals surface area contributed by atoms with Crippen LogP contribution in [-0.2, 0) is 11.3 Å². The normalized spacial score (nSPS) is 19.7. The van der Waals surface area contributed by atoms with Gasteiger partial charge < -0.3 is 30.2 Å². The van der Waals surface area contributed by atoms with Crippen molar-refractivity contribution in [2.24, 2.45) is 0 Å². The highest BCUT2D eigenvalue weighted by atomic mass is 16.6. The average Bonchev–Trinajstić information content (AvgIpc) is 3.32. The van der Waals surface area contributed by atoms with E-state index in [9.17, 15) is 4.79 Å². The first-order chi connectivity index (χ1) is 15.7. The molecule has 5 rings (SSSR count). The molecule has 1 saturated heterocycles. The summed E-state index contributed by atoms with van der Waals surface area (Å²) in [6, 6.07) is 7.03. The van der Waals surface area contributed by atoms with Crippen molar-refractivity contribution in [3.8, 4) is 17.4 Å². The number of nitrogens with one attached hydrogen (secondary N) is 3. The molecule has 1 fully saturated rings. The fraction of sp³-hybridized carbons (Fsp3) is 0.364. The molecule has 3 aromatic rings. The van der Waals surface area contributed by atoms with Gasteiger partial charge in [-0.15, -0.1) is 0 Å². The van der Waals surface area contributed by atoms with Crippen molar-refractivity contribution in [2.75, 3.05) is 32.2 Å². The summed E-state index contributed by atoms with van der Waals surface area (Å²) < 4.78 is 16.3. The zero-order valence-electron chi connectivity index (χ0n) is 17.6. The molecule has 0 bridgehead atoms. The lowest BCUT2D eigenvalue weighted by molar-refractivity contribution is -0.117. The number of hydrogen-bond acceptors (Lipinski definition) is 9. The Balaban J connectivity index is 1.19. The summed E-state index contributed by atoms with van der Waals surface area (Å²) in [7, 11) is 1.55. The minimum Gasteiger partial charge on any atom is -0.486 e. The zero-order chi connectivity index (χ0) is 21.9. The molecule has 3 aromatic heterocycles. The quantitative estimate of drug-likeness (QED) is 0.525. The summed E-state index contributed by atoms with van der Waals surface area (Å²) in [6.45, 7) is 2.35. The van der Waals surface area contributed by atoms with E-state index in [2.05, 4.69) is 30.9 Å². The molecule has 0 aliphatic carbocycles. The number of anilines is 1. The number of rotatable bonds is 6. The standard InChI is InChI=1S/C22H24N6O4/c1-30-20-3-2-15-21(28-20)16(4-5-23-15)27-22(29)17-8-13(11-26-17)24-10-14-9-18-19(12-25-14)32-7-6-31-18/h2-5,9,12-13,17,24,26H,6-8,10-11H2,1H3,(H,23,27,29)/t13-,17+/m1/s1. The number of aromatic nitrogens is 3. The van der Waals surface area contributed by atoms with Gasteiger partial charge in [-0.05, 0) is 18.6 Å². The third-order valence-electron chi connectivity index (χ3n) is 5.53. The maximum atomic E-state index is 12.9. The molecule has 2 aliphatic rings. The largest absolute Gasteiger partial charge is 0.486 e. The Labute approximate surface area is 184 Å². The van der Waals surface area contributed by atoms with Gasteiger partial charge in [-0.2, -0.15) is 0 Å². The molecular formula is C22H24N6O4. The average molecular weight is 436 g/mol. The maximum absolute atomic E-state index is 12.9. The molecule has 2 atom stereocenters. The van der Waals surface area contributed by atoms with Crippen LogP contribution in [0, 0.1) is 0 Å². The van der Waals surface area contributed by atoms with E-state index < -0.39 is 0 Å². The Kier molecular flexibility index (Phi) is 5.70. The fourth-order valence-corrected chi connectivity index (χ4v) is 3.87. The van der Waals surface area contributed by atoms with Gasteiger partial charge in [0.1, 0.15) is 18.7 Å². The van der Waals surface area contributed by atoms with E-state index in [1.54, 1.807) is 31.6 Å². The van der Waals surface area contributed by atoms with E-state index >= 15 is 0 Å². The Bertz CT molecular complexity index is 1140. The van der Waals surface area contributed by atoms with Crippen LogP contribution < -0.4 is 30.2 Å². The lowest BCUT2D eigenvalue weighted by Crippen LogP contribution is -2.35. The summed E-state index contributed by atoms with van der Waals surface area (Å²) in [5.74, 6) is 1.76. The number of amides is 1. The van der Waals surface area contributed by atoms with Crippen LogP contribution in [0.15, 0.2) is 36.7 Å². The molecule has 10 nitrogen and oxygen atoms in total. The minimum atomic E-state index is -0.311. The van der Waals surface area contributed by atoms with Crippen molar-refractivity contribution in [3.05, 3.63) is 42.4 Å². The van der Waals surface area contributed by atoms with Gasteiger partial charge in [0.2, 0.25) is 11.8 Å². The first kappa shape index (κ1) is 20.4.